The predicted molar refractivity (Wildman–Crippen MR) is 81.9 cm³/mol. The van der Waals surface area contributed by atoms with Gasteiger partial charge in [-0.3, -0.25) is 4.79 Å². The van der Waals surface area contributed by atoms with Gasteiger partial charge in [0.15, 0.2) is 0 Å². The minimum atomic E-state index is -1.00. The van der Waals surface area contributed by atoms with Gasteiger partial charge in [-0.05, 0) is 24.6 Å². The van der Waals surface area contributed by atoms with Crippen molar-refractivity contribution in [1.29, 1.82) is 0 Å². The summed E-state index contributed by atoms with van der Waals surface area (Å²) in [4.78, 5) is 25.4. The number of aliphatic carboxylic acids is 1. The van der Waals surface area contributed by atoms with E-state index in [4.69, 9.17) is 11.6 Å². The van der Waals surface area contributed by atoms with Crippen molar-refractivity contribution in [2.45, 2.75) is 31.2 Å². The van der Waals surface area contributed by atoms with Crippen molar-refractivity contribution in [3.8, 4) is 5.75 Å². The van der Waals surface area contributed by atoms with Gasteiger partial charge < -0.3 is 15.1 Å². The summed E-state index contributed by atoms with van der Waals surface area (Å²) in [6.45, 7) is 1.99. The van der Waals surface area contributed by atoms with Gasteiger partial charge in [0.1, 0.15) is 11.8 Å². The first-order chi connectivity index (χ1) is 9.95. The van der Waals surface area contributed by atoms with Crippen LogP contribution in [0.4, 0.5) is 0 Å². The molecular formula is C14H16ClNO4S. The predicted octanol–water partition coefficient (Wildman–Crippen LogP) is 2.81. The van der Waals surface area contributed by atoms with Crippen molar-refractivity contribution in [2.75, 3.05) is 5.75 Å². The first-order valence-corrected chi connectivity index (χ1v) is 8.04. The average molecular weight is 330 g/mol. The van der Waals surface area contributed by atoms with Crippen LogP contribution in [-0.2, 0) is 4.79 Å². The molecule has 1 heterocycles. The third kappa shape index (κ3) is 3.27. The number of carbonyl (C=O) groups excluding carboxylic acids is 1. The minimum absolute atomic E-state index is 0.0756. The van der Waals surface area contributed by atoms with E-state index in [0.29, 0.717) is 5.75 Å². The number of halogens is 1. The number of carbonyl (C=O) groups is 2. The molecule has 1 aromatic carbocycles. The Bertz CT molecular complexity index is 566. The van der Waals surface area contributed by atoms with Crippen LogP contribution < -0.4 is 0 Å². The van der Waals surface area contributed by atoms with Crippen molar-refractivity contribution in [1.82, 2.24) is 4.90 Å². The fourth-order valence-electron chi connectivity index (χ4n) is 2.28. The molecule has 0 spiro atoms. The minimum Gasteiger partial charge on any atom is -0.506 e. The van der Waals surface area contributed by atoms with Gasteiger partial charge in [-0.1, -0.05) is 24.9 Å². The molecule has 2 unspecified atom stereocenters. The maximum Gasteiger partial charge on any atom is 0.327 e. The summed E-state index contributed by atoms with van der Waals surface area (Å²) in [5.74, 6) is -1.09. The van der Waals surface area contributed by atoms with Crippen molar-refractivity contribution >= 4 is 35.2 Å². The summed E-state index contributed by atoms with van der Waals surface area (Å²) in [5, 5.41) is 18.6. The number of rotatable bonds is 4. The van der Waals surface area contributed by atoms with E-state index in [2.05, 4.69) is 0 Å². The van der Waals surface area contributed by atoms with E-state index in [1.165, 1.54) is 34.9 Å². The van der Waals surface area contributed by atoms with Gasteiger partial charge in [-0.2, -0.15) is 0 Å². The second-order valence-corrected chi connectivity index (χ2v) is 6.43. The Hall–Kier alpha value is -1.40. The lowest BCUT2D eigenvalue weighted by molar-refractivity contribution is -0.141. The van der Waals surface area contributed by atoms with Gasteiger partial charge in [0.2, 0.25) is 0 Å². The molecule has 0 bridgehead atoms. The van der Waals surface area contributed by atoms with Crippen LogP contribution >= 0.6 is 23.4 Å². The maximum absolute atomic E-state index is 12.6. The Morgan fingerprint density at radius 3 is 2.76 bits per heavy atom. The third-order valence-electron chi connectivity index (χ3n) is 3.34. The highest BCUT2D eigenvalue weighted by atomic mass is 35.5. The van der Waals surface area contributed by atoms with Crippen LogP contribution in [-0.4, -0.2) is 44.2 Å². The summed E-state index contributed by atoms with van der Waals surface area (Å²) in [6, 6.07) is 3.33. The number of amides is 1. The number of aromatic hydroxyl groups is 1. The van der Waals surface area contributed by atoms with Crippen molar-refractivity contribution in [3.05, 3.63) is 28.8 Å². The second kappa shape index (κ2) is 6.58. The number of carboxylic acids is 1. The molecule has 5 nitrogen and oxygen atoms in total. The zero-order valence-corrected chi connectivity index (χ0v) is 13.0. The van der Waals surface area contributed by atoms with Crippen LogP contribution in [0, 0.1) is 0 Å². The van der Waals surface area contributed by atoms with E-state index in [0.717, 1.165) is 12.8 Å². The zero-order chi connectivity index (χ0) is 15.6. The molecule has 2 N–H and O–H groups in total. The normalized spacial score (nSPS) is 21.5. The highest BCUT2D eigenvalue weighted by molar-refractivity contribution is 8.00. The lowest BCUT2D eigenvalue weighted by Crippen LogP contribution is -2.45. The number of carboxylic acid groups (broad SMARTS) is 1. The topological polar surface area (TPSA) is 77.8 Å². The molecule has 0 aromatic heterocycles. The average Bonchev–Trinajstić information content (AvgIpc) is 2.85. The Kier molecular flexibility index (Phi) is 5.00. The lowest BCUT2D eigenvalue weighted by Gasteiger charge is -2.27. The summed E-state index contributed by atoms with van der Waals surface area (Å²) < 4.78 is 0. The molecule has 1 saturated heterocycles. The molecule has 1 aliphatic heterocycles. The molecule has 1 amide bonds. The van der Waals surface area contributed by atoms with E-state index in [9.17, 15) is 19.8 Å². The van der Waals surface area contributed by atoms with Crippen LogP contribution in [0.25, 0.3) is 0 Å². The number of benzene rings is 1. The van der Waals surface area contributed by atoms with E-state index >= 15 is 0 Å². The smallest absolute Gasteiger partial charge is 0.327 e. The van der Waals surface area contributed by atoms with Crippen molar-refractivity contribution in [3.63, 3.8) is 0 Å². The van der Waals surface area contributed by atoms with E-state index in [1.807, 2.05) is 6.92 Å². The zero-order valence-electron chi connectivity index (χ0n) is 11.5. The van der Waals surface area contributed by atoms with E-state index < -0.39 is 12.0 Å². The van der Waals surface area contributed by atoms with Gasteiger partial charge in [0, 0.05) is 11.3 Å². The highest BCUT2D eigenvalue weighted by Gasteiger charge is 2.41. The Morgan fingerprint density at radius 2 is 2.19 bits per heavy atom. The molecule has 0 radical (unpaired) electrons. The summed E-state index contributed by atoms with van der Waals surface area (Å²) >= 11 is 7.30. The van der Waals surface area contributed by atoms with E-state index in [1.54, 1.807) is 0 Å². The Morgan fingerprint density at radius 1 is 1.48 bits per heavy atom. The van der Waals surface area contributed by atoms with Gasteiger partial charge >= 0.3 is 5.97 Å². The largest absolute Gasteiger partial charge is 0.506 e. The van der Waals surface area contributed by atoms with E-state index in [-0.39, 0.29) is 27.6 Å². The molecule has 21 heavy (non-hydrogen) atoms. The third-order valence-corrected chi connectivity index (χ3v) is 5.00. The number of hydrogen-bond acceptors (Lipinski definition) is 4. The molecule has 0 saturated carbocycles. The van der Waals surface area contributed by atoms with Crippen molar-refractivity contribution in [2.24, 2.45) is 0 Å². The molecule has 2 rings (SSSR count). The van der Waals surface area contributed by atoms with Gasteiger partial charge in [0.25, 0.3) is 5.91 Å². The van der Waals surface area contributed by atoms with Crippen LogP contribution in [0.15, 0.2) is 18.2 Å². The SMILES string of the molecule is CCCC1SCC(C(=O)O)N1C(=O)c1ccc(O)c(Cl)c1. The quantitative estimate of drug-likeness (QED) is 0.888. The molecule has 7 heteroatoms. The van der Waals surface area contributed by atoms with Gasteiger partial charge in [0.05, 0.1) is 10.4 Å². The van der Waals surface area contributed by atoms with Crippen LogP contribution in [0.1, 0.15) is 30.1 Å². The maximum atomic E-state index is 12.6. The molecular weight excluding hydrogens is 314 g/mol. The Labute approximate surface area is 131 Å². The van der Waals surface area contributed by atoms with Gasteiger partial charge in [-0.15, -0.1) is 11.8 Å². The molecule has 0 aliphatic carbocycles. The fraction of sp³-hybridized carbons (Fsp3) is 0.429. The van der Waals surface area contributed by atoms with Crippen LogP contribution in [0.2, 0.25) is 5.02 Å². The lowest BCUT2D eigenvalue weighted by atomic mass is 10.1. The van der Waals surface area contributed by atoms with Gasteiger partial charge in [-0.25, -0.2) is 4.79 Å². The Balaban J connectivity index is 2.31. The van der Waals surface area contributed by atoms with Crippen LogP contribution in [0.3, 0.4) is 0 Å². The summed E-state index contributed by atoms with van der Waals surface area (Å²) in [5.41, 5.74) is 0.285. The number of nitrogens with zero attached hydrogens (tertiary/aromatic N) is 1. The molecule has 1 fully saturated rings. The van der Waals surface area contributed by atoms with Crippen molar-refractivity contribution < 1.29 is 19.8 Å². The number of phenols is 1. The number of hydrogen-bond donors (Lipinski definition) is 2. The second-order valence-electron chi connectivity index (χ2n) is 4.81. The molecule has 2 atom stereocenters. The molecule has 114 valence electrons. The standard InChI is InChI=1S/C14H16ClNO4S/c1-2-3-12-16(10(7-21-12)14(19)20)13(18)8-4-5-11(17)9(15)6-8/h4-6,10,12,17H,2-3,7H2,1H3,(H,19,20). The fourth-order valence-corrected chi connectivity index (χ4v) is 3.98. The van der Waals surface area contributed by atoms with Crippen LogP contribution in [0.5, 0.6) is 5.75 Å². The molecule has 1 aromatic rings. The summed E-state index contributed by atoms with van der Waals surface area (Å²) in [7, 11) is 0. The molecule has 1 aliphatic rings. The summed E-state index contributed by atoms with van der Waals surface area (Å²) in [6.07, 6.45) is 1.61. The number of thioether (sulfide) groups is 1. The monoisotopic (exact) mass is 329 g/mol. The first-order valence-electron chi connectivity index (χ1n) is 6.61. The highest BCUT2D eigenvalue weighted by Crippen LogP contribution is 2.34. The number of phenolic OH excluding ortho intramolecular Hbond substituents is 1. The first kappa shape index (κ1) is 16.0.